The van der Waals surface area contributed by atoms with Crippen molar-refractivity contribution in [2.24, 2.45) is 0 Å². The Bertz CT molecular complexity index is 573. The molecular weight excluding hydrogens is 280 g/mol. The first kappa shape index (κ1) is 11.5. The quantitative estimate of drug-likeness (QED) is 0.858. The molecule has 0 aliphatic heterocycles. The fourth-order valence-corrected chi connectivity index (χ4v) is 1.61. The SMILES string of the molecule is N#Cc1ccc(Oc2ccc(Br)cc2)cc1N. The molecule has 84 valence electrons. The third-order valence-electron chi connectivity index (χ3n) is 2.19. The van der Waals surface area contributed by atoms with Crippen LogP contribution in [0.2, 0.25) is 0 Å². The van der Waals surface area contributed by atoms with Crippen molar-refractivity contribution < 1.29 is 4.74 Å². The number of ether oxygens (including phenoxy) is 1. The van der Waals surface area contributed by atoms with Gasteiger partial charge in [-0.25, -0.2) is 0 Å². The van der Waals surface area contributed by atoms with Gasteiger partial charge in [-0.05, 0) is 36.4 Å². The lowest BCUT2D eigenvalue weighted by Crippen LogP contribution is -1.91. The van der Waals surface area contributed by atoms with E-state index >= 15 is 0 Å². The summed E-state index contributed by atoms with van der Waals surface area (Å²) in [4.78, 5) is 0. The number of benzene rings is 2. The third kappa shape index (κ3) is 2.77. The van der Waals surface area contributed by atoms with Crippen LogP contribution >= 0.6 is 15.9 Å². The molecule has 0 fully saturated rings. The van der Waals surface area contributed by atoms with Crippen LogP contribution in [0.5, 0.6) is 11.5 Å². The zero-order valence-electron chi connectivity index (χ0n) is 8.85. The summed E-state index contributed by atoms with van der Waals surface area (Å²) in [7, 11) is 0. The van der Waals surface area contributed by atoms with E-state index in [1.165, 1.54) is 0 Å². The Labute approximate surface area is 108 Å². The number of anilines is 1. The van der Waals surface area contributed by atoms with Gasteiger partial charge in [0.25, 0.3) is 0 Å². The van der Waals surface area contributed by atoms with Gasteiger partial charge >= 0.3 is 0 Å². The maximum atomic E-state index is 8.75. The van der Waals surface area contributed by atoms with Gasteiger partial charge in [0.1, 0.15) is 17.6 Å². The Kier molecular flexibility index (Phi) is 3.31. The average molecular weight is 289 g/mol. The van der Waals surface area contributed by atoms with Crippen LogP contribution in [0.15, 0.2) is 46.9 Å². The van der Waals surface area contributed by atoms with E-state index in [9.17, 15) is 0 Å². The van der Waals surface area contributed by atoms with Crippen LogP contribution in [0.3, 0.4) is 0 Å². The van der Waals surface area contributed by atoms with E-state index in [4.69, 9.17) is 15.7 Å². The maximum Gasteiger partial charge on any atom is 0.129 e. The zero-order valence-corrected chi connectivity index (χ0v) is 10.4. The lowest BCUT2D eigenvalue weighted by Gasteiger charge is -2.06. The second kappa shape index (κ2) is 4.89. The minimum absolute atomic E-state index is 0.419. The summed E-state index contributed by atoms with van der Waals surface area (Å²) in [6.07, 6.45) is 0. The van der Waals surface area contributed by atoms with Crippen LogP contribution < -0.4 is 10.5 Å². The van der Waals surface area contributed by atoms with Crippen LogP contribution in [-0.2, 0) is 0 Å². The number of nitrogens with two attached hydrogens (primary N) is 1. The summed E-state index contributed by atoms with van der Waals surface area (Å²) < 4.78 is 6.59. The van der Waals surface area contributed by atoms with E-state index in [2.05, 4.69) is 15.9 Å². The lowest BCUT2D eigenvalue weighted by atomic mass is 10.2. The number of nitrogen functional groups attached to an aromatic ring is 1. The van der Waals surface area contributed by atoms with E-state index in [0.29, 0.717) is 17.0 Å². The first-order valence-corrected chi connectivity index (χ1v) is 5.71. The highest BCUT2D eigenvalue weighted by molar-refractivity contribution is 9.10. The molecule has 0 bridgehead atoms. The topological polar surface area (TPSA) is 59.0 Å². The molecule has 0 saturated heterocycles. The third-order valence-corrected chi connectivity index (χ3v) is 2.72. The molecule has 2 rings (SSSR count). The minimum Gasteiger partial charge on any atom is -0.457 e. The van der Waals surface area contributed by atoms with Crippen molar-refractivity contribution >= 4 is 21.6 Å². The molecule has 3 nitrogen and oxygen atoms in total. The predicted molar refractivity (Wildman–Crippen MR) is 69.8 cm³/mol. The number of hydrogen-bond donors (Lipinski definition) is 1. The maximum absolute atomic E-state index is 8.75. The second-order valence-corrected chi connectivity index (χ2v) is 4.33. The van der Waals surface area contributed by atoms with Crippen LogP contribution in [0.1, 0.15) is 5.56 Å². The molecule has 0 aromatic heterocycles. The van der Waals surface area contributed by atoms with Crippen LogP contribution in [0.4, 0.5) is 5.69 Å². The van der Waals surface area contributed by atoms with Gasteiger partial charge in [-0.2, -0.15) is 5.26 Å². The molecule has 0 atom stereocenters. The van der Waals surface area contributed by atoms with Gasteiger partial charge in [0, 0.05) is 10.5 Å². The molecule has 0 spiro atoms. The van der Waals surface area contributed by atoms with Crippen LogP contribution in [-0.4, -0.2) is 0 Å². The first-order chi connectivity index (χ1) is 8.19. The molecule has 0 unspecified atom stereocenters. The van der Waals surface area contributed by atoms with E-state index in [1.807, 2.05) is 30.3 Å². The van der Waals surface area contributed by atoms with E-state index < -0.39 is 0 Å². The molecule has 2 aromatic carbocycles. The van der Waals surface area contributed by atoms with Crippen LogP contribution in [0.25, 0.3) is 0 Å². The molecule has 0 aliphatic carbocycles. The molecule has 0 amide bonds. The van der Waals surface area contributed by atoms with Gasteiger partial charge in [0.2, 0.25) is 0 Å². The van der Waals surface area contributed by atoms with E-state index in [0.717, 1.165) is 10.2 Å². The number of hydrogen-bond acceptors (Lipinski definition) is 3. The molecule has 0 saturated carbocycles. The van der Waals surface area contributed by atoms with Crippen molar-refractivity contribution in [3.05, 3.63) is 52.5 Å². The van der Waals surface area contributed by atoms with Gasteiger partial charge in [0.05, 0.1) is 11.3 Å². The lowest BCUT2D eigenvalue weighted by molar-refractivity contribution is 0.483. The Balaban J connectivity index is 2.22. The zero-order chi connectivity index (χ0) is 12.3. The largest absolute Gasteiger partial charge is 0.457 e. The normalized spacial score (nSPS) is 9.65. The summed E-state index contributed by atoms with van der Waals surface area (Å²) in [6, 6.07) is 14.5. The molecule has 0 heterocycles. The number of halogens is 1. The van der Waals surface area contributed by atoms with Gasteiger partial charge in [-0.1, -0.05) is 15.9 Å². The molecule has 17 heavy (non-hydrogen) atoms. The van der Waals surface area contributed by atoms with Gasteiger partial charge in [-0.15, -0.1) is 0 Å². The minimum atomic E-state index is 0.419. The number of nitrogens with zero attached hydrogens (tertiary/aromatic N) is 1. The van der Waals surface area contributed by atoms with Gasteiger partial charge in [-0.3, -0.25) is 0 Å². The monoisotopic (exact) mass is 288 g/mol. The summed E-state index contributed by atoms with van der Waals surface area (Å²) >= 11 is 3.35. The number of nitriles is 1. The highest BCUT2D eigenvalue weighted by atomic mass is 79.9. The van der Waals surface area contributed by atoms with Crippen LogP contribution in [0, 0.1) is 11.3 Å². The standard InChI is InChI=1S/C13H9BrN2O/c14-10-2-5-11(6-3-10)17-12-4-1-9(8-15)13(16)7-12/h1-7H,16H2. The Hall–Kier alpha value is -1.99. The predicted octanol–water partition coefficient (Wildman–Crippen LogP) is 3.70. The van der Waals surface area contributed by atoms with Crippen molar-refractivity contribution in [3.63, 3.8) is 0 Å². The highest BCUT2D eigenvalue weighted by Gasteiger charge is 2.02. The van der Waals surface area contributed by atoms with Crippen molar-refractivity contribution in [1.29, 1.82) is 5.26 Å². The van der Waals surface area contributed by atoms with Crippen molar-refractivity contribution in [3.8, 4) is 17.6 Å². The molecule has 0 radical (unpaired) electrons. The molecule has 2 N–H and O–H groups in total. The summed E-state index contributed by atoms with van der Waals surface area (Å²) in [6.45, 7) is 0. The van der Waals surface area contributed by atoms with E-state index in [1.54, 1.807) is 18.2 Å². The highest BCUT2D eigenvalue weighted by Crippen LogP contribution is 2.26. The van der Waals surface area contributed by atoms with Gasteiger partial charge < -0.3 is 10.5 Å². The number of rotatable bonds is 2. The summed E-state index contributed by atoms with van der Waals surface area (Å²) in [5, 5.41) is 8.75. The Morgan fingerprint density at radius 1 is 1.06 bits per heavy atom. The van der Waals surface area contributed by atoms with Gasteiger partial charge in [0.15, 0.2) is 0 Å². The average Bonchev–Trinajstić information content (AvgIpc) is 2.32. The van der Waals surface area contributed by atoms with Crippen molar-refractivity contribution in [2.45, 2.75) is 0 Å². The molecule has 2 aromatic rings. The molecule has 0 aliphatic rings. The fraction of sp³-hybridized carbons (Fsp3) is 0. The second-order valence-electron chi connectivity index (χ2n) is 3.42. The van der Waals surface area contributed by atoms with E-state index in [-0.39, 0.29) is 0 Å². The Morgan fingerprint density at radius 2 is 1.71 bits per heavy atom. The van der Waals surface area contributed by atoms with Crippen molar-refractivity contribution in [2.75, 3.05) is 5.73 Å². The first-order valence-electron chi connectivity index (χ1n) is 4.92. The summed E-state index contributed by atoms with van der Waals surface area (Å²) in [5.74, 6) is 1.33. The smallest absolute Gasteiger partial charge is 0.129 e. The summed E-state index contributed by atoms with van der Waals surface area (Å²) in [5.41, 5.74) is 6.57. The fourth-order valence-electron chi connectivity index (χ4n) is 1.34. The Morgan fingerprint density at radius 3 is 2.29 bits per heavy atom. The molecule has 4 heteroatoms. The van der Waals surface area contributed by atoms with Crippen molar-refractivity contribution in [1.82, 2.24) is 0 Å². The molecular formula is C13H9BrN2O.